The number of nitrogens with zero attached hydrogens (tertiary/aromatic N) is 2. The zero-order valence-corrected chi connectivity index (χ0v) is 19.3. The molecule has 176 valence electrons. The first-order valence-electron chi connectivity index (χ1n) is 9.33. The third kappa shape index (κ3) is 5.55. The number of aryl methyl sites for hydroxylation is 1. The van der Waals surface area contributed by atoms with Gasteiger partial charge in [0.05, 0.1) is 5.69 Å². The molecular weight excluding hydrogens is 471 g/mol. The van der Waals surface area contributed by atoms with Crippen molar-refractivity contribution in [1.82, 2.24) is 14.3 Å². The summed E-state index contributed by atoms with van der Waals surface area (Å²) in [6, 6.07) is 7.95. The molecule has 0 aliphatic heterocycles. The summed E-state index contributed by atoms with van der Waals surface area (Å²) in [5.74, 6) is 0.422. The van der Waals surface area contributed by atoms with Crippen LogP contribution in [0.25, 0.3) is 11.3 Å². The van der Waals surface area contributed by atoms with Crippen LogP contribution < -0.4 is 10.0 Å². The van der Waals surface area contributed by atoms with E-state index in [2.05, 4.69) is 15.0 Å². The highest BCUT2D eigenvalue weighted by Gasteiger charge is 2.65. The van der Waals surface area contributed by atoms with E-state index in [0.29, 0.717) is 34.9 Å². The van der Waals surface area contributed by atoms with Gasteiger partial charge in [-0.3, -0.25) is 4.72 Å². The summed E-state index contributed by atoms with van der Waals surface area (Å²) in [5.41, 5.74) is 0.650. The predicted octanol–water partition coefficient (Wildman–Crippen LogP) is 6.94. The maximum absolute atomic E-state index is 13.0. The Morgan fingerprint density at radius 3 is 2.16 bits per heavy atom. The Morgan fingerprint density at radius 1 is 1.03 bits per heavy atom. The Kier molecular flexibility index (Phi) is 5.61. The highest BCUT2D eigenvalue weighted by molar-refractivity contribution is 8.45. The number of rotatable bonds is 7. The molecule has 12 heteroatoms. The molecular formula is C20H23F5N4OS2. The largest absolute Gasteiger partial charge is 0.383 e. The molecule has 0 unspecified atom stereocenters. The topological polar surface area (TPSA) is 62.1 Å². The number of hydrogen-bond acceptors (Lipinski definition) is 5. The smallest absolute Gasteiger partial charge is 0.310 e. The quantitative estimate of drug-likeness (QED) is 0.245. The van der Waals surface area contributed by atoms with Gasteiger partial charge in [0.25, 0.3) is 0 Å². The van der Waals surface area contributed by atoms with E-state index in [1.54, 1.807) is 50.8 Å². The molecule has 0 bridgehead atoms. The van der Waals surface area contributed by atoms with Gasteiger partial charge in [0.1, 0.15) is 16.3 Å². The van der Waals surface area contributed by atoms with E-state index in [-0.39, 0.29) is 5.69 Å². The second-order valence-corrected chi connectivity index (χ2v) is 11.2. The molecule has 0 amide bonds. The van der Waals surface area contributed by atoms with Crippen molar-refractivity contribution in [1.29, 1.82) is 0 Å². The lowest BCUT2D eigenvalue weighted by Crippen LogP contribution is -2.20. The molecule has 32 heavy (non-hydrogen) atoms. The van der Waals surface area contributed by atoms with Crippen LogP contribution in [0.15, 0.2) is 58.5 Å². The van der Waals surface area contributed by atoms with Crippen LogP contribution in [-0.4, -0.2) is 21.7 Å². The fourth-order valence-corrected chi connectivity index (χ4v) is 4.34. The molecule has 0 atom stereocenters. The van der Waals surface area contributed by atoms with E-state index >= 15 is 0 Å². The van der Waals surface area contributed by atoms with E-state index < -0.39 is 20.7 Å². The molecule has 3 rings (SSSR count). The van der Waals surface area contributed by atoms with Gasteiger partial charge in [-0.15, -0.1) is 0 Å². The Hall–Kier alpha value is -2.28. The summed E-state index contributed by atoms with van der Waals surface area (Å²) in [6.07, 6.45) is 1.72. The number of imidazole rings is 1. The van der Waals surface area contributed by atoms with Crippen molar-refractivity contribution in [2.24, 2.45) is 7.05 Å². The van der Waals surface area contributed by atoms with Gasteiger partial charge in [-0.05, 0) is 75.3 Å². The van der Waals surface area contributed by atoms with Crippen LogP contribution in [0.1, 0.15) is 19.7 Å². The third-order valence-corrected chi connectivity index (χ3v) is 6.35. The maximum Gasteiger partial charge on any atom is 0.310 e. The Labute approximate surface area is 186 Å². The summed E-state index contributed by atoms with van der Waals surface area (Å²) in [5, 5.41) is 13.3. The number of nitrogens with one attached hydrogen (secondary N) is 2. The summed E-state index contributed by atoms with van der Waals surface area (Å²) < 4.78 is 69.6. The number of halogens is 5. The van der Waals surface area contributed by atoms with Gasteiger partial charge >= 0.3 is 10.2 Å². The highest BCUT2D eigenvalue weighted by atomic mass is 32.5. The predicted molar refractivity (Wildman–Crippen MR) is 120 cm³/mol. The van der Waals surface area contributed by atoms with Crippen LogP contribution in [-0.2, 0) is 12.6 Å². The summed E-state index contributed by atoms with van der Waals surface area (Å²) in [7, 11) is -6.24. The van der Waals surface area contributed by atoms with Crippen molar-refractivity contribution in [2.75, 3.05) is 12.4 Å². The fourth-order valence-electron chi connectivity index (χ4n) is 3.14. The van der Waals surface area contributed by atoms with Gasteiger partial charge in [-0.1, -0.05) is 19.4 Å². The van der Waals surface area contributed by atoms with Crippen LogP contribution in [0.3, 0.4) is 0 Å². The lowest BCUT2D eigenvalue weighted by atomic mass is 10.1. The van der Waals surface area contributed by atoms with Crippen LogP contribution in [0.2, 0.25) is 0 Å². The zero-order chi connectivity index (χ0) is 24.0. The van der Waals surface area contributed by atoms with Gasteiger partial charge in [0.2, 0.25) is 0 Å². The standard InChI is InChI=1S/C20H23F5N4OS2/c1-20(2,30)19-28-18(12-29(19)4)16-11-14(31-26-3)7-10-17(16)27-13-5-8-15(9-6-13)32(21,22,23,24)25/h5-12,26-27,30H,1-4H3. The fraction of sp³-hybridized carbons (Fsp3) is 0.250. The first-order valence-corrected chi connectivity index (χ1v) is 12.1. The second kappa shape index (κ2) is 7.37. The number of benzene rings is 2. The molecule has 0 spiro atoms. The maximum atomic E-state index is 13.0. The minimum absolute atomic E-state index is 0.199. The summed E-state index contributed by atoms with van der Waals surface area (Å²) in [4.78, 5) is 3.42. The van der Waals surface area contributed by atoms with Crippen molar-refractivity contribution in [2.45, 2.75) is 29.2 Å². The van der Waals surface area contributed by atoms with Gasteiger partial charge in [0, 0.05) is 35.1 Å². The highest BCUT2D eigenvalue weighted by Crippen LogP contribution is 3.02. The van der Waals surface area contributed by atoms with Gasteiger partial charge in [0.15, 0.2) is 0 Å². The molecule has 0 radical (unpaired) electrons. The summed E-state index contributed by atoms with van der Waals surface area (Å²) in [6.45, 7) is 3.21. The first kappa shape index (κ1) is 24.4. The lowest BCUT2D eigenvalue weighted by Gasteiger charge is -2.40. The molecule has 0 aliphatic carbocycles. The van der Waals surface area contributed by atoms with E-state index in [9.17, 15) is 24.5 Å². The van der Waals surface area contributed by atoms with Crippen LogP contribution >= 0.6 is 22.2 Å². The van der Waals surface area contributed by atoms with Crippen LogP contribution in [0, 0.1) is 0 Å². The van der Waals surface area contributed by atoms with Crippen LogP contribution in [0.5, 0.6) is 0 Å². The molecule has 0 saturated carbocycles. The minimum atomic E-state index is -9.74. The SMILES string of the molecule is CNSc1ccc(Nc2ccc(S(F)(F)(F)(F)F)cc2)c(-c2cn(C)c(C(C)(C)O)n2)c1. The Balaban J connectivity index is 2.03. The Bertz CT molecular complexity index is 1140. The zero-order valence-electron chi connectivity index (χ0n) is 17.7. The van der Waals surface area contributed by atoms with E-state index in [0.717, 1.165) is 17.0 Å². The minimum Gasteiger partial charge on any atom is -0.383 e. The van der Waals surface area contributed by atoms with E-state index in [1.807, 2.05) is 6.07 Å². The number of aliphatic hydroxyl groups is 1. The molecule has 5 nitrogen and oxygen atoms in total. The van der Waals surface area contributed by atoms with E-state index in [4.69, 9.17) is 0 Å². The van der Waals surface area contributed by atoms with Gasteiger partial charge in [-0.2, -0.15) is 0 Å². The van der Waals surface area contributed by atoms with Crippen molar-refractivity contribution in [3.05, 3.63) is 54.5 Å². The molecule has 1 heterocycles. The van der Waals surface area contributed by atoms with E-state index in [1.165, 1.54) is 11.9 Å². The average Bonchev–Trinajstić information content (AvgIpc) is 3.04. The van der Waals surface area contributed by atoms with Gasteiger partial charge < -0.3 is 15.0 Å². The monoisotopic (exact) mass is 494 g/mol. The van der Waals surface area contributed by atoms with Crippen molar-refractivity contribution < 1.29 is 24.5 Å². The molecule has 0 saturated heterocycles. The summed E-state index contributed by atoms with van der Waals surface area (Å²) >= 11 is 1.35. The van der Waals surface area contributed by atoms with Crippen molar-refractivity contribution >= 4 is 33.5 Å². The lowest BCUT2D eigenvalue weighted by molar-refractivity contribution is 0.0659. The molecule has 0 aliphatic rings. The molecule has 1 aromatic heterocycles. The normalized spacial score (nSPS) is 14.7. The number of hydrogen-bond donors (Lipinski definition) is 3. The number of aromatic nitrogens is 2. The third-order valence-electron chi connectivity index (χ3n) is 4.49. The van der Waals surface area contributed by atoms with Crippen LogP contribution in [0.4, 0.5) is 30.8 Å². The van der Waals surface area contributed by atoms with Gasteiger partial charge in [-0.25, -0.2) is 4.98 Å². The average molecular weight is 495 g/mol. The first-order chi connectivity index (χ1) is 14.5. The molecule has 0 fully saturated rings. The Morgan fingerprint density at radius 2 is 1.66 bits per heavy atom. The van der Waals surface area contributed by atoms with Crippen molar-refractivity contribution in [3.63, 3.8) is 0 Å². The number of anilines is 2. The van der Waals surface area contributed by atoms with Crippen molar-refractivity contribution in [3.8, 4) is 11.3 Å². The molecule has 3 aromatic rings. The second-order valence-electron chi connectivity index (χ2n) is 7.75. The molecule has 3 N–H and O–H groups in total. The molecule has 2 aromatic carbocycles.